The number of nitrogens with zero attached hydrogens (tertiary/aromatic N) is 1. The Morgan fingerprint density at radius 2 is 1.96 bits per heavy atom. The molecular formula is C19H25N3O3. The first-order valence-corrected chi connectivity index (χ1v) is 8.86. The van der Waals surface area contributed by atoms with E-state index in [1.165, 1.54) is 0 Å². The minimum atomic E-state index is -0.792. The lowest BCUT2D eigenvalue weighted by molar-refractivity contribution is -0.136. The van der Waals surface area contributed by atoms with E-state index >= 15 is 0 Å². The standard InChI is InChI=1S/C19H25N3O3/c1-13-7-9-19(10-8-13)17(24)22(18(25)21-19)12-16(23)20-11-15-6-4-3-5-14(15)2/h3-6,13H,7-12H2,1-2H3,(H,20,23)(H,21,25). The molecule has 2 fully saturated rings. The molecule has 0 aromatic heterocycles. The average molecular weight is 343 g/mol. The van der Waals surface area contributed by atoms with Crippen LogP contribution in [0.4, 0.5) is 4.79 Å². The maximum atomic E-state index is 12.7. The minimum Gasteiger partial charge on any atom is -0.350 e. The second-order valence-electron chi connectivity index (χ2n) is 7.29. The van der Waals surface area contributed by atoms with Crippen molar-refractivity contribution < 1.29 is 14.4 Å². The Bertz CT molecular complexity index is 693. The van der Waals surface area contributed by atoms with Gasteiger partial charge >= 0.3 is 6.03 Å². The lowest BCUT2D eigenvalue weighted by Gasteiger charge is -2.33. The van der Waals surface area contributed by atoms with Gasteiger partial charge in [-0.25, -0.2) is 4.79 Å². The van der Waals surface area contributed by atoms with Gasteiger partial charge in [-0.3, -0.25) is 14.5 Å². The minimum absolute atomic E-state index is 0.228. The van der Waals surface area contributed by atoms with Gasteiger partial charge in [-0.05, 0) is 49.7 Å². The molecule has 2 aliphatic rings. The van der Waals surface area contributed by atoms with E-state index in [0.717, 1.165) is 28.9 Å². The molecule has 1 aromatic rings. The summed E-state index contributed by atoms with van der Waals surface area (Å²) < 4.78 is 0. The quantitative estimate of drug-likeness (QED) is 0.822. The smallest absolute Gasteiger partial charge is 0.325 e. The van der Waals surface area contributed by atoms with Gasteiger partial charge in [-0.15, -0.1) is 0 Å². The molecule has 6 nitrogen and oxygen atoms in total. The highest BCUT2D eigenvalue weighted by Gasteiger charge is 2.52. The van der Waals surface area contributed by atoms with Crippen molar-refractivity contribution in [3.05, 3.63) is 35.4 Å². The molecule has 134 valence electrons. The highest BCUT2D eigenvalue weighted by molar-refractivity contribution is 6.09. The number of benzene rings is 1. The first kappa shape index (κ1) is 17.5. The van der Waals surface area contributed by atoms with E-state index in [1.54, 1.807) is 0 Å². The predicted octanol–water partition coefficient (Wildman–Crippen LogP) is 2.11. The molecule has 4 amide bonds. The molecule has 0 unspecified atom stereocenters. The molecule has 1 spiro atoms. The van der Waals surface area contributed by atoms with Gasteiger partial charge in [0.25, 0.3) is 5.91 Å². The van der Waals surface area contributed by atoms with Crippen molar-refractivity contribution in [3.8, 4) is 0 Å². The maximum absolute atomic E-state index is 12.7. The zero-order valence-corrected chi connectivity index (χ0v) is 14.8. The second kappa shape index (κ2) is 6.86. The number of carbonyl (C=O) groups is 3. The fraction of sp³-hybridized carbons (Fsp3) is 0.526. The molecule has 0 bridgehead atoms. The lowest BCUT2D eigenvalue weighted by Crippen LogP contribution is -2.49. The molecule has 1 saturated heterocycles. The van der Waals surface area contributed by atoms with Crippen LogP contribution in [0.1, 0.15) is 43.7 Å². The third kappa shape index (κ3) is 3.52. The highest BCUT2D eigenvalue weighted by atomic mass is 16.2. The second-order valence-corrected chi connectivity index (χ2v) is 7.29. The van der Waals surface area contributed by atoms with E-state index in [1.807, 2.05) is 31.2 Å². The van der Waals surface area contributed by atoms with Crippen LogP contribution in [0.3, 0.4) is 0 Å². The molecular weight excluding hydrogens is 318 g/mol. The molecule has 6 heteroatoms. The van der Waals surface area contributed by atoms with Gasteiger partial charge in [-0.2, -0.15) is 0 Å². The zero-order chi connectivity index (χ0) is 18.0. The number of hydrogen-bond donors (Lipinski definition) is 2. The van der Waals surface area contributed by atoms with Crippen molar-refractivity contribution in [2.45, 2.75) is 51.6 Å². The normalized spacial score (nSPS) is 26.0. The molecule has 1 aliphatic heterocycles. The molecule has 0 atom stereocenters. The van der Waals surface area contributed by atoms with Crippen molar-refractivity contribution >= 4 is 17.8 Å². The molecule has 1 saturated carbocycles. The fourth-order valence-electron chi connectivity index (χ4n) is 3.62. The van der Waals surface area contributed by atoms with Crippen molar-refractivity contribution in [1.29, 1.82) is 0 Å². The number of nitrogens with one attached hydrogen (secondary N) is 2. The van der Waals surface area contributed by atoms with Crippen LogP contribution in [0.2, 0.25) is 0 Å². The number of imide groups is 1. The summed E-state index contributed by atoms with van der Waals surface area (Å²) in [5, 5.41) is 5.63. The van der Waals surface area contributed by atoms with E-state index in [2.05, 4.69) is 17.6 Å². The van der Waals surface area contributed by atoms with Crippen LogP contribution >= 0.6 is 0 Å². The SMILES string of the molecule is Cc1ccccc1CNC(=O)CN1C(=O)NC2(CCC(C)CC2)C1=O. The first-order chi connectivity index (χ1) is 11.9. The Balaban J connectivity index is 1.59. The number of rotatable bonds is 4. The van der Waals surface area contributed by atoms with E-state index in [9.17, 15) is 14.4 Å². The first-order valence-electron chi connectivity index (χ1n) is 8.86. The summed E-state index contributed by atoms with van der Waals surface area (Å²) in [6.45, 7) is 4.29. The van der Waals surface area contributed by atoms with Crippen molar-refractivity contribution in [3.63, 3.8) is 0 Å². The largest absolute Gasteiger partial charge is 0.350 e. The molecule has 0 radical (unpaired) electrons. The summed E-state index contributed by atoms with van der Waals surface area (Å²) in [6.07, 6.45) is 3.14. The molecule has 1 heterocycles. The summed E-state index contributed by atoms with van der Waals surface area (Å²) >= 11 is 0. The Labute approximate surface area is 148 Å². The topological polar surface area (TPSA) is 78.5 Å². The van der Waals surface area contributed by atoms with Crippen molar-refractivity contribution in [2.24, 2.45) is 5.92 Å². The summed E-state index contributed by atoms with van der Waals surface area (Å²) in [4.78, 5) is 38.2. The Kier molecular flexibility index (Phi) is 4.79. The van der Waals surface area contributed by atoms with Gasteiger partial charge in [0, 0.05) is 6.54 Å². The van der Waals surface area contributed by atoms with E-state index in [-0.39, 0.29) is 18.4 Å². The van der Waals surface area contributed by atoms with Gasteiger partial charge in [0.15, 0.2) is 0 Å². The van der Waals surface area contributed by atoms with Crippen LogP contribution in [-0.2, 0) is 16.1 Å². The predicted molar refractivity (Wildman–Crippen MR) is 93.6 cm³/mol. The highest BCUT2D eigenvalue weighted by Crippen LogP contribution is 2.36. The number of urea groups is 1. The summed E-state index contributed by atoms with van der Waals surface area (Å²) in [7, 11) is 0. The molecule has 2 N–H and O–H groups in total. The van der Waals surface area contributed by atoms with Crippen LogP contribution in [-0.4, -0.2) is 34.8 Å². The van der Waals surface area contributed by atoms with Crippen LogP contribution in [0, 0.1) is 12.8 Å². The van der Waals surface area contributed by atoms with E-state index < -0.39 is 11.6 Å². The average Bonchev–Trinajstić information content (AvgIpc) is 2.81. The maximum Gasteiger partial charge on any atom is 0.325 e. The van der Waals surface area contributed by atoms with Gasteiger partial charge < -0.3 is 10.6 Å². The molecule has 3 rings (SSSR count). The van der Waals surface area contributed by atoms with Gasteiger partial charge in [-0.1, -0.05) is 31.2 Å². The Morgan fingerprint density at radius 3 is 2.64 bits per heavy atom. The van der Waals surface area contributed by atoms with Crippen LogP contribution < -0.4 is 10.6 Å². The number of amides is 4. The van der Waals surface area contributed by atoms with Crippen molar-refractivity contribution in [1.82, 2.24) is 15.5 Å². The van der Waals surface area contributed by atoms with Gasteiger partial charge in [0.2, 0.25) is 5.91 Å². The Morgan fingerprint density at radius 1 is 1.28 bits per heavy atom. The van der Waals surface area contributed by atoms with Crippen LogP contribution in [0.15, 0.2) is 24.3 Å². The monoisotopic (exact) mass is 343 g/mol. The third-order valence-electron chi connectivity index (χ3n) is 5.41. The number of aryl methyl sites for hydroxylation is 1. The summed E-state index contributed by atoms with van der Waals surface area (Å²) in [6, 6.07) is 7.33. The number of carbonyl (C=O) groups excluding carboxylic acids is 3. The van der Waals surface area contributed by atoms with E-state index in [4.69, 9.17) is 0 Å². The summed E-state index contributed by atoms with van der Waals surface area (Å²) in [5.74, 6) is -0.00906. The van der Waals surface area contributed by atoms with Gasteiger partial charge in [0.05, 0.1) is 0 Å². The van der Waals surface area contributed by atoms with E-state index in [0.29, 0.717) is 25.3 Å². The zero-order valence-electron chi connectivity index (χ0n) is 14.8. The fourth-order valence-corrected chi connectivity index (χ4v) is 3.62. The van der Waals surface area contributed by atoms with Crippen LogP contribution in [0.25, 0.3) is 0 Å². The van der Waals surface area contributed by atoms with Crippen molar-refractivity contribution in [2.75, 3.05) is 6.54 Å². The Hall–Kier alpha value is -2.37. The molecule has 25 heavy (non-hydrogen) atoms. The van der Waals surface area contributed by atoms with Gasteiger partial charge in [0.1, 0.15) is 12.1 Å². The molecule has 1 aliphatic carbocycles. The number of hydrogen-bond acceptors (Lipinski definition) is 3. The molecule has 1 aromatic carbocycles. The third-order valence-corrected chi connectivity index (χ3v) is 5.41. The summed E-state index contributed by atoms with van der Waals surface area (Å²) in [5.41, 5.74) is 1.32. The lowest BCUT2D eigenvalue weighted by atomic mass is 9.77. The van der Waals surface area contributed by atoms with Crippen LogP contribution in [0.5, 0.6) is 0 Å².